The van der Waals surface area contributed by atoms with E-state index < -0.39 is 5.82 Å². The lowest BCUT2D eigenvalue weighted by Crippen LogP contribution is -2.51. The van der Waals surface area contributed by atoms with Crippen LogP contribution >= 0.6 is 12.1 Å². The van der Waals surface area contributed by atoms with Gasteiger partial charge in [-0.25, -0.2) is 14.4 Å². The van der Waals surface area contributed by atoms with E-state index in [4.69, 9.17) is 9.97 Å². The summed E-state index contributed by atoms with van der Waals surface area (Å²) in [4.78, 5) is 14.6. The van der Waals surface area contributed by atoms with Crippen molar-refractivity contribution >= 4 is 39.8 Å². The summed E-state index contributed by atoms with van der Waals surface area (Å²) in [6.45, 7) is 9.00. The minimum Gasteiger partial charge on any atom is -0.353 e. The lowest BCUT2D eigenvalue weighted by atomic mass is 9.86. The van der Waals surface area contributed by atoms with Crippen LogP contribution in [-0.4, -0.2) is 69.0 Å². The highest BCUT2D eigenvalue weighted by Gasteiger charge is 2.38. The van der Waals surface area contributed by atoms with Crippen LogP contribution in [0.5, 0.6) is 0 Å². The number of aromatic nitrogens is 4. The Kier molecular flexibility index (Phi) is 8.12. The highest BCUT2D eigenvalue weighted by Crippen LogP contribution is 2.41. The first-order valence-electron chi connectivity index (χ1n) is 14.3. The Hall–Kier alpha value is -2.04. The summed E-state index contributed by atoms with van der Waals surface area (Å²) in [5, 5.41) is 9.43. The molecule has 0 amide bonds. The van der Waals surface area contributed by atoms with Crippen LogP contribution < -0.4 is 10.2 Å². The maximum atomic E-state index is 15.9. The number of piperazine rings is 1. The van der Waals surface area contributed by atoms with Gasteiger partial charge >= 0.3 is 0 Å². The van der Waals surface area contributed by atoms with Crippen LogP contribution in [0, 0.1) is 5.82 Å². The van der Waals surface area contributed by atoms with Crippen LogP contribution in [0.2, 0.25) is 0 Å². The van der Waals surface area contributed by atoms with E-state index in [1.165, 1.54) is 12.8 Å². The lowest BCUT2D eigenvalue weighted by Gasteiger charge is -2.37. The van der Waals surface area contributed by atoms with Gasteiger partial charge in [-0.1, -0.05) is 27.2 Å². The van der Waals surface area contributed by atoms with Crippen molar-refractivity contribution in [3.05, 3.63) is 17.8 Å². The number of rotatable bonds is 7. The van der Waals surface area contributed by atoms with Gasteiger partial charge < -0.3 is 15.1 Å². The second kappa shape index (κ2) is 11.2. The summed E-state index contributed by atoms with van der Waals surface area (Å²) in [5.41, 5.74) is 0.693. The molecule has 1 N–H and O–H groups in total. The van der Waals surface area contributed by atoms with Crippen LogP contribution in [0.25, 0.3) is 21.8 Å². The first-order chi connectivity index (χ1) is 18.4. The van der Waals surface area contributed by atoms with Gasteiger partial charge in [-0.2, -0.15) is 8.98 Å². The van der Waals surface area contributed by atoms with E-state index in [1.807, 2.05) is 20.0 Å². The lowest BCUT2D eigenvalue weighted by molar-refractivity contribution is 0.146. The Balaban J connectivity index is 0.00000144. The van der Waals surface area contributed by atoms with E-state index in [0.717, 1.165) is 57.6 Å². The first kappa shape index (κ1) is 27.5. The van der Waals surface area contributed by atoms with Gasteiger partial charge in [-0.15, -0.1) is 0 Å². The molecule has 3 aliphatic heterocycles. The summed E-state index contributed by atoms with van der Waals surface area (Å²) in [7, 11) is 4.00. The maximum absolute atomic E-state index is 15.9. The zero-order valence-corrected chi connectivity index (χ0v) is 24.2. The van der Waals surface area contributed by atoms with Crippen molar-refractivity contribution in [2.45, 2.75) is 94.7 Å². The summed E-state index contributed by atoms with van der Waals surface area (Å²) < 4.78 is 31.5. The second-order valence-electron chi connectivity index (χ2n) is 11.0. The molecule has 0 aliphatic carbocycles. The number of hydrogen-bond acceptors (Lipinski definition) is 7. The van der Waals surface area contributed by atoms with E-state index in [1.54, 1.807) is 11.7 Å². The Morgan fingerprint density at radius 3 is 2.47 bits per heavy atom. The summed E-state index contributed by atoms with van der Waals surface area (Å²) in [6.07, 6.45) is 10.4. The Labute approximate surface area is 229 Å². The smallest absolute Gasteiger partial charge is 0.168 e. The zero-order valence-electron chi connectivity index (χ0n) is 23.4. The fourth-order valence-electron chi connectivity index (χ4n) is 6.97. The van der Waals surface area contributed by atoms with E-state index >= 15 is 4.39 Å². The second-order valence-corrected chi connectivity index (χ2v) is 11.6. The standard InChI is InChI=1S/C26H35F2N7S.C2H6/c1-4-9-26(10-5-12-33(26)2)11-8-19-30-23-20(18-15-34(3)32-22(18)24(36-28)21(23)27)25(31-19)35-13-16-6-7-17(14-35)29-16;1-2/h15-17,29H,4-14H2,1-3H3;1-2H3. The van der Waals surface area contributed by atoms with Gasteiger partial charge in [0.25, 0.3) is 0 Å². The highest BCUT2D eigenvalue weighted by atomic mass is 32.2. The molecule has 3 saturated heterocycles. The molecule has 0 saturated carbocycles. The van der Waals surface area contributed by atoms with Crippen molar-refractivity contribution in [1.82, 2.24) is 30.0 Å². The molecule has 6 rings (SSSR count). The number of likely N-dealkylation sites (tertiary alicyclic amines) is 1. The molecule has 7 nitrogen and oxygen atoms in total. The quantitative estimate of drug-likeness (QED) is 0.403. The Morgan fingerprint density at radius 2 is 1.84 bits per heavy atom. The number of nitrogens with one attached hydrogen (secondary N) is 1. The predicted molar refractivity (Wildman–Crippen MR) is 152 cm³/mol. The summed E-state index contributed by atoms with van der Waals surface area (Å²) >= 11 is -0.0903. The molecule has 0 spiro atoms. The van der Waals surface area contributed by atoms with Gasteiger partial charge in [-0.3, -0.25) is 4.68 Å². The molecule has 3 atom stereocenters. The van der Waals surface area contributed by atoms with Gasteiger partial charge in [0.05, 0.1) is 17.5 Å². The number of fused-ring (bicyclic) bond motifs is 5. The first-order valence-corrected chi connectivity index (χ1v) is 15.0. The van der Waals surface area contributed by atoms with Crippen LogP contribution in [0.1, 0.15) is 71.5 Å². The van der Waals surface area contributed by atoms with E-state index in [9.17, 15) is 3.89 Å². The van der Waals surface area contributed by atoms with E-state index in [2.05, 4.69) is 34.2 Å². The maximum Gasteiger partial charge on any atom is 0.168 e. The topological polar surface area (TPSA) is 62.1 Å². The average Bonchev–Trinajstić information content (AvgIpc) is 3.60. The molecular formula is C28H41F2N7S. The minimum absolute atomic E-state index is 0.0903. The molecule has 3 fully saturated rings. The largest absolute Gasteiger partial charge is 0.353 e. The van der Waals surface area contributed by atoms with Gasteiger partial charge in [-0.05, 0) is 52.1 Å². The SMILES string of the molecule is CC.CCCC1(CCc2nc(N3CC4CCC(C3)N4)c3c(n2)c(F)c(SF)c2nn(C)cc23)CCCN1C. The van der Waals surface area contributed by atoms with Gasteiger partial charge in [0.1, 0.15) is 27.6 Å². The monoisotopic (exact) mass is 545 g/mol. The fourth-order valence-corrected chi connectivity index (χ4v) is 7.36. The average molecular weight is 546 g/mol. The highest BCUT2D eigenvalue weighted by molar-refractivity contribution is 7.94. The molecule has 0 radical (unpaired) electrons. The van der Waals surface area contributed by atoms with Crippen LogP contribution in [0.4, 0.5) is 14.1 Å². The molecule has 2 bridgehead atoms. The minimum atomic E-state index is -0.632. The van der Waals surface area contributed by atoms with Gasteiger partial charge in [0.2, 0.25) is 0 Å². The third-order valence-electron chi connectivity index (χ3n) is 8.72. The van der Waals surface area contributed by atoms with Crippen molar-refractivity contribution in [2.24, 2.45) is 7.05 Å². The van der Waals surface area contributed by atoms with Crippen molar-refractivity contribution in [3.8, 4) is 0 Å². The molecule has 3 aliphatic rings. The van der Waals surface area contributed by atoms with E-state index in [0.29, 0.717) is 40.6 Å². The van der Waals surface area contributed by atoms with Crippen molar-refractivity contribution < 1.29 is 8.28 Å². The third-order valence-corrected chi connectivity index (χ3v) is 9.25. The summed E-state index contributed by atoms with van der Waals surface area (Å²) in [6, 6.07) is 0.819. The van der Waals surface area contributed by atoms with Crippen LogP contribution in [0.15, 0.2) is 11.1 Å². The number of aryl methyl sites for hydroxylation is 2. The molecule has 1 aromatic carbocycles. The normalized spacial score (nSPS) is 25.4. The molecular weight excluding hydrogens is 504 g/mol. The van der Waals surface area contributed by atoms with Gasteiger partial charge in [0, 0.05) is 55.8 Å². The van der Waals surface area contributed by atoms with Crippen LogP contribution in [-0.2, 0) is 13.5 Å². The molecule has 5 heterocycles. The number of halogens is 2. The fraction of sp³-hybridized carbons (Fsp3) is 0.679. The predicted octanol–water partition coefficient (Wildman–Crippen LogP) is 5.80. The Morgan fingerprint density at radius 1 is 1.11 bits per heavy atom. The van der Waals surface area contributed by atoms with Crippen molar-refractivity contribution in [1.29, 1.82) is 0 Å². The number of nitrogens with zero attached hydrogens (tertiary/aromatic N) is 6. The Bertz CT molecular complexity index is 1290. The molecule has 3 unspecified atom stereocenters. The van der Waals surface area contributed by atoms with Crippen LogP contribution in [0.3, 0.4) is 0 Å². The molecule has 3 aromatic rings. The van der Waals surface area contributed by atoms with Crippen molar-refractivity contribution in [3.63, 3.8) is 0 Å². The number of hydrogen-bond donors (Lipinski definition) is 1. The van der Waals surface area contributed by atoms with E-state index in [-0.39, 0.29) is 28.1 Å². The molecule has 208 valence electrons. The zero-order chi connectivity index (χ0) is 27.0. The van der Waals surface area contributed by atoms with Crippen molar-refractivity contribution in [2.75, 3.05) is 31.6 Å². The molecule has 38 heavy (non-hydrogen) atoms. The summed E-state index contributed by atoms with van der Waals surface area (Å²) in [5.74, 6) is 0.786. The molecule has 10 heteroatoms. The third kappa shape index (κ3) is 4.77. The van der Waals surface area contributed by atoms with Gasteiger partial charge in [0.15, 0.2) is 5.82 Å². The number of anilines is 1. The number of benzene rings is 1. The molecule has 2 aromatic heterocycles.